The Bertz CT molecular complexity index is 1120. The number of hydrogen-bond acceptors (Lipinski definition) is 4. The fraction of sp³-hybridized carbons (Fsp3) is 0.136. The van der Waals surface area contributed by atoms with Crippen molar-refractivity contribution < 1.29 is 9.53 Å². The first-order valence-electron chi connectivity index (χ1n) is 8.98. The number of aryl methyl sites for hydroxylation is 1. The molecule has 0 saturated heterocycles. The molecule has 7 heteroatoms. The molecule has 2 aliphatic heterocycles. The van der Waals surface area contributed by atoms with E-state index in [0.29, 0.717) is 28.1 Å². The van der Waals surface area contributed by atoms with Crippen LogP contribution in [0.2, 0.25) is 5.02 Å². The van der Waals surface area contributed by atoms with Crippen molar-refractivity contribution in [2.24, 2.45) is 4.99 Å². The number of aliphatic imine (C=N–C) groups is 1. The van der Waals surface area contributed by atoms with Crippen LogP contribution in [0.3, 0.4) is 0 Å². The minimum atomic E-state index is -0.423. The van der Waals surface area contributed by atoms with Gasteiger partial charge in [-0.15, -0.1) is 0 Å². The number of carbonyl (C=O) groups is 1. The number of rotatable bonds is 4. The smallest absolute Gasteiger partial charge is 0.283 e. The van der Waals surface area contributed by atoms with Gasteiger partial charge >= 0.3 is 0 Å². The second-order valence-electron chi connectivity index (χ2n) is 6.72. The van der Waals surface area contributed by atoms with Crippen LogP contribution in [0.25, 0.3) is 6.08 Å². The molecule has 2 aromatic rings. The molecule has 0 atom stereocenters. The summed E-state index contributed by atoms with van der Waals surface area (Å²) in [4.78, 5) is 18.1. The lowest BCUT2D eigenvalue weighted by molar-refractivity contribution is -0.114. The van der Waals surface area contributed by atoms with Crippen LogP contribution in [0, 0.1) is 12.3 Å². The zero-order valence-electron chi connectivity index (χ0n) is 15.9. The predicted molar refractivity (Wildman–Crippen MR) is 118 cm³/mol. The number of benzene rings is 2. The fourth-order valence-electron chi connectivity index (χ4n) is 3.06. The average Bonchev–Trinajstić information content (AvgIpc) is 3.06. The van der Waals surface area contributed by atoms with E-state index in [0.717, 1.165) is 16.8 Å². The van der Waals surface area contributed by atoms with Crippen LogP contribution in [0.15, 0.2) is 64.1 Å². The van der Waals surface area contributed by atoms with E-state index in [9.17, 15) is 4.79 Å². The first-order chi connectivity index (χ1) is 13.9. The minimum absolute atomic E-state index is 0.120. The van der Waals surface area contributed by atoms with E-state index in [-0.39, 0.29) is 11.4 Å². The number of fused-ring (bicyclic) bond motifs is 1. The van der Waals surface area contributed by atoms with Gasteiger partial charge in [0, 0.05) is 5.70 Å². The predicted octanol–water partition coefficient (Wildman–Crippen LogP) is 5.39. The van der Waals surface area contributed by atoms with E-state index < -0.39 is 5.91 Å². The number of nitrogens with one attached hydrogen (secondary N) is 1. The molecule has 0 fully saturated rings. The molecule has 2 heterocycles. The third-order valence-corrected chi connectivity index (χ3v) is 5.94. The highest BCUT2D eigenvalue weighted by Gasteiger charge is 2.33. The maximum atomic E-state index is 12.4. The van der Waals surface area contributed by atoms with Crippen LogP contribution in [-0.2, 0) is 11.4 Å². The standard InChI is InChI=1S/C22H18ClN3O2S/c1-13-5-3-4-6-16(13)11-28-19-8-7-15(10-18(19)23)9-17-20(24)26-14(2)12-29-22(26)25-21(17)27/h3-10,12,24H,11H2,1-2H3/b17-9-,24-20?. The molecule has 1 amide bonds. The number of nitrogens with zero attached hydrogens (tertiary/aromatic N) is 2. The summed E-state index contributed by atoms with van der Waals surface area (Å²) in [5, 5.41) is 11.2. The van der Waals surface area contributed by atoms with Gasteiger partial charge in [-0.25, -0.2) is 0 Å². The summed E-state index contributed by atoms with van der Waals surface area (Å²) < 4.78 is 5.86. The zero-order valence-corrected chi connectivity index (χ0v) is 17.5. The first kappa shape index (κ1) is 19.5. The molecule has 146 valence electrons. The van der Waals surface area contributed by atoms with Gasteiger partial charge in [-0.2, -0.15) is 4.99 Å². The molecule has 5 nitrogen and oxygen atoms in total. The number of carbonyl (C=O) groups excluding carboxylic acids is 1. The Morgan fingerprint density at radius 3 is 2.79 bits per heavy atom. The summed E-state index contributed by atoms with van der Waals surface area (Å²) in [6.45, 7) is 4.34. The second kappa shape index (κ2) is 7.89. The van der Waals surface area contributed by atoms with E-state index in [1.165, 1.54) is 11.8 Å². The molecule has 0 unspecified atom stereocenters. The molecule has 2 aliphatic rings. The third kappa shape index (κ3) is 3.86. The maximum absolute atomic E-state index is 12.4. The summed E-state index contributed by atoms with van der Waals surface area (Å²) in [7, 11) is 0. The molecule has 29 heavy (non-hydrogen) atoms. The molecule has 0 saturated carbocycles. The van der Waals surface area contributed by atoms with Gasteiger partial charge in [0.15, 0.2) is 5.17 Å². The van der Waals surface area contributed by atoms with Crippen LogP contribution in [0.4, 0.5) is 0 Å². The molecule has 2 aromatic carbocycles. The number of allylic oxidation sites excluding steroid dienone is 1. The molecule has 1 N–H and O–H groups in total. The van der Waals surface area contributed by atoms with Crippen molar-refractivity contribution in [2.45, 2.75) is 20.5 Å². The van der Waals surface area contributed by atoms with Gasteiger partial charge in [-0.1, -0.05) is 53.7 Å². The Morgan fingerprint density at radius 2 is 2.03 bits per heavy atom. The van der Waals surface area contributed by atoms with E-state index in [2.05, 4.69) is 4.99 Å². The van der Waals surface area contributed by atoms with E-state index >= 15 is 0 Å². The van der Waals surface area contributed by atoms with Crippen molar-refractivity contribution in [1.82, 2.24) is 4.90 Å². The van der Waals surface area contributed by atoms with Crippen molar-refractivity contribution in [3.8, 4) is 5.75 Å². The Balaban J connectivity index is 1.55. The summed E-state index contributed by atoms with van der Waals surface area (Å²) in [6, 6.07) is 13.3. The van der Waals surface area contributed by atoms with Crippen molar-refractivity contribution in [3.63, 3.8) is 0 Å². The van der Waals surface area contributed by atoms with Crippen molar-refractivity contribution in [3.05, 3.63) is 80.9 Å². The number of halogens is 1. The zero-order chi connectivity index (χ0) is 20.5. The average molecular weight is 424 g/mol. The third-order valence-electron chi connectivity index (χ3n) is 4.70. The number of thioether (sulfide) groups is 1. The van der Waals surface area contributed by atoms with Gasteiger partial charge in [0.05, 0.1) is 10.6 Å². The number of amides is 1. The Kier molecular flexibility index (Phi) is 5.30. The molecule has 0 spiro atoms. The van der Waals surface area contributed by atoms with Gasteiger partial charge in [-0.05, 0) is 54.2 Å². The molecular formula is C22H18ClN3O2S. The van der Waals surface area contributed by atoms with Crippen molar-refractivity contribution in [2.75, 3.05) is 0 Å². The van der Waals surface area contributed by atoms with Gasteiger partial charge in [0.1, 0.15) is 18.2 Å². The lowest BCUT2D eigenvalue weighted by atomic mass is 10.1. The lowest BCUT2D eigenvalue weighted by Crippen LogP contribution is -2.37. The maximum Gasteiger partial charge on any atom is 0.283 e. The number of ether oxygens (including phenoxy) is 1. The largest absolute Gasteiger partial charge is 0.487 e. The van der Waals surface area contributed by atoms with Crippen LogP contribution >= 0.6 is 23.4 Å². The van der Waals surface area contributed by atoms with Gasteiger partial charge in [0.25, 0.3) is 5.91 Å². The van der Waals surface area contributed by atoms with Crippen LogP contribution in [0.5, 0.6) is 5.75 Å². The molecular weight excluding hydrogens is 406 g/mol. The van der Waals surface area contributed by atoms with Crippen molar-refractivity contribution >= 4 is 46.3 Å². The van der Waals surface area contributed by atoms with E-state index in [1.54, 1.807) is 23.1 Å². The van der Waals surface area contributed by atoms with Gasteiger partial charge in [-0.3, -0.25) is 15.1 Å². The Morgan fingerprint density at radius 1 is 1.24 bits per heavy atom. The van der Waals surface area contributed by atoms with Crippen LogP contribution in [0.1, 0.15) is 23.6 Å². The Labute approximate surface area is 178 Å². The second-order valence-corrected chi connectivity index (χ2v) is 7.97. The summed E-state index contributed by atoms with van der Waals surface area (Å²) in [5.41, 5.74) is 4.06. The number of amidine groups is 2. The highest BCUT2D eigenvalue weighted by atomic mass is 35.5. The quantitative estimate of drug-likeness (QED) is 0.669. The van der Waals surface area contributed by atoms with Gasteiger partial charge < -0.3 is 4.74 Å². The van der Waals surface area contributed by atoms with E-state index in [4.69, 9.17) is 21.7 Å². The molecule has 0 radical (unpaired) electrons. The topological polar surface area (TPSA) is 65.8 Å². The van der Waals surface area contributed by atoms with Crippen LogP contribution < -0.4 is 4.74 Å². The molecule has 0 bridgehead atoms. The first-order valence-corrected chi connectivity index (χ1v) is 10.2. The lowest BCUT2D eigenvalue weighted by Gasteiger charge is -2.25. The molecule has 0 aromatic heterocycles. The van der Waals surface area contributed by atoms with Crippen LogP contribution in [-0.4, -0.2) is 21.8 Å². The minimum Gasteiger partial charge on any atom is -0.487 e. The van der Waals surface area contributed by atoms with Crippen molar-refractivity contribution in [1.29, 1.82) is 5.41 Å². The highest BCUT2D eigenvalue weighted by molar-refractivity contribution is 8.16. The summed E-state index contributed by atoms with van der Waals surface area (Å²) in [6.07, 6.45) is 1.64. The highest BCUT2D eigenvalue weighted by Crippen LogP contribution is 2.33. The molecule has 4 rings (SSSR count). The summed E-state index contributed by atoms with van der Waals surface area (Å²) >= 11 is 7.74. The van der Waals surface area contributed by atoms with Gasteiger partial charge in [0.2, 0.25) is 0 Å². The normalized spacial score (nSPS) is 17.3. The molecule has 0 aliphatic carbocycles. The monoisotopic (exact) mass is 423 g/mol. The SMILES string of the molecule is CC1=CSC2=NC(=O)/C(=C\c3ccc(OCc4ccccc4C)c(Cl)c3)C(=N)N12. The fourth-order valence-corrected chi connectivity index (χ4v) is 4.16. The Hall–Kier alpha value is -2.83. The van der Waals surface area contributed by atoms with E-state index in [1.807, 2.05) is 49.6 Å². The number of hydrogen-bond donors (Lipinski definition) is 1. The summed E-state index contributed by atoms with van der Waals surface area (Å²) in [5.74, 6) is 0.264.